The number of amides is 3. The number of para-hydroxylation sites is 1. The number of benzene rings is 3. The number of ether oxygens (including phenoxy) is 1. The minimum absolute atomic E-state index is 0.123. The Morgan fingerprint density at radius 3 is 2.20 bits per heavy atom. The van der Waals surface area contributed by atoms with Gasteiger partial charge in [-0.1, -0.05) is 84.9 Å². The summed E-state index contributed by atoms with van der Waals surface area (Å²) in [6.07, 6.45) is 5.06. The van der Waals surface area contributed by atoms with Gasteiger partial charge < -0.3 is 20.3 Å². The number of carbonyl (C=O) groups is 3. The Morgan fingerprint density at radius 1 is 0.878 bits per heavy atom. The number of hydrogen-bond acceptors (Lipinski definition) is 4. The molecule has 3 amide bonds. The van der Waals surface area contributed by atoms with E-state index in [2.05, 4.69) is 10.6 Å². The summed E-state index contributed by atoms with van der Waals surface area (Å²) in [4.78, 5) is 41.2. The maximum atomic E-state index is 13.6. The van der Waals surface area contributed by atoms with Crippen LogP contribution >= 0.6 is 0 Å². The second kappa shape index (κ2) is 13.8. The molecule has 1 aliphatic heterocycles. The number of nitrogens with one attached hydrogen (secondary N) is 2. The van der Waals surface area contributed by atoms with E-state index in [0.29, 0.717) is 25.8 Å². The highest BCUT2D eigenvalue weighted by Gasteiger charge is 2.27. The average Bonchev–Trinajstić information content (AvgIpc) is 3.38. The van der Waals surface area contributed by atoms with Crippen molar-refractivity contribution in [3.05, 3.63) is 114 Å². The van der Waals surface area contributed by atoms with Crippen molar-refractivity contribution >= 4 is 23.6 Å². The third-order valence-electron chi connectivity index (χ3n) is 6.83. The summed E-state index contributed by atoms with van der Waals surface area (Å²) < 4.78 is 5.44. The highest BCUT2D eigenvalue weighted by molar-refractivity contribution is 6.03. The molecule has 0 spiro atoms. The third-order valence-corrected chi connectivity index (χ3v) is 6.83. The van der Waals surface area contributed by atoms with Gasteiger partial charge in [-0.05, 0) is 62.8 Å². The first kappa shape index (κ1) is 29.6. The molecule has 0 unspecified atom stereocenters. The van der Waals surface area contributed by atoms with Gasteiger partial charge in [0.15, 0.2) is 0 Å². The standard InChI is InChI=1S/C34H39N3O4/c1-34(2,3)41-33(40)36-29(24-26-14-8-5-9-15-26)32(39)35-28(19-18-25-12-6-4-7-13-25)20-21-31(38)37-23-22-27-16-10-11-17-30(27)37/h4-17,20-21,28-29H,18-19,22-24H2,1-3H3,(H,35,39)(H,36,40)/t28-,29-/m0/s1. The number of rotatable bonds is 10. The van der Waals surface area contributed by atoms with Crippen LogP contribution in [0.3, 0.4) is 0 Å². The largest absolute Gasteiger partial charge is 0.444 e. The maximum absolute atomic E-state index is 13.6. The number of aryl methyl sites for hydroxylation is 1. The summed E-state index contributed by atoms with van der Waals surface area (Å²) in [7, 11) is 0. The first-order valence-electron chi connectivity index (χ1n) is 14.1. The van der Waals surface area contributed by atoms with Gasteiger partial charge in [0.1, 0.15) is 11.6 Å². The summed E-state index contributed by atoms with van der Waals surface area (Å²) >= 11 is 0. The molecule has 214 valence electrons. The lowest BCUT2D eigenvalue weighted by Gasteiger charge is -2.25. The van der Waals surface area contributed by atoms with Gasteiger partial charge in [-0.3, -0.25) is 9.59 Å². The molecule has 0 radical (unpaired) electrons. The smallest absolute Gasteiger partial charge is 0.408 e. The van der Waals surface area contributed by atoms with E-state index in [9.17, 15) is 14.4 Å². The minimum Gasteiger partial charge on any atom is -0.444 e. The number of anilines is 1. The summed E-state index contributed by atoms with van der Waals surface area (Å²) in [6, 6.07) is 26.1. The van der Waals surface area contributed by atoms with Crippen molar-refractivity contribution in [3.8, 4) is 0 Å². The fourth-order valence-electron chi connectivity index (χ4n) is 4.83. The lowest BCUT2D eigenvalue weighted by Crippen LogP contribution is -2.51. The number of carbonyl (C=O) groups excluding carboxylic acids is 3. The van der Waals surface area contributed by atoms with Crippen LogP contribution in [0.5, 0.6) is 0 Å². The van der Waals surface area contributed by atoms with Gasteiger partial charge in [-0.15, -0.1) is 0 Å². The average molecular weight is 554 g/mol. The van der Waals surface area contributed by atoms with Crippen LogP contribution in [0.4, 0.5) is 10.5 Å². The van der Waals surface area contributed by atoms with Gasteiger partial charge in [0.25, 0.3) is 5.91 Å². The summed E-state index contributed by atoms with van der Waals surface area (Å²) in [5.41, 5.74) is 3.42. The molecule has 0 aliphatic carbocycles. The van der Waals surface area contributed by atoms with Crippen molar-refractivity contribution in [2.75, 3.05) is 11.4 Å². The first-order valence-corrected chi connectivity index (χ1v) is 14.1. The molecular weight excluding hydrogens is 514 g/mol. The molecule has 0 aromatic heterocycles. The molecule has 1 aliphatic rings. The molecule has 0 saturated carbocycles. The minimum atomic E-state index is -0.860. The molecule has 0 saturated heterocycles. The number of alkyl carbamates (subject to hydrolysis) is 1. The molecule has 7 nitrogen and oxygen atoms in total. The van der Waals surface area contributed by atoms with Crippen molar-refractivity contribution in [1.29, 1.82) is 0 Å². The molecule has 41 heavy (non-hydrogen) atoms. The fraction of sp³-hybridized carbons (Fsp3) is 0.324. The Hall–Kier alpha value is -4.39. The zero-order valence-electron chi connectivity index (χ0n) is 24.0. The van der Waals surface area contributed by atoms with Crippen LogP contribution < -0.4 is 15.5 Å². The van der Waals surface area contributed by atoms with Gasteiger partial charge in [0.05, 0.1) is 0 Å². The van der Waals surface area contributed by atoms with Gasteiger partial charge in [-0.25, -0.2) is 4.79 Å². The topological polar surface area (TPSA) is 87.7 Å². The van der Waals surface area contributed by atoms with Crippen LogP contribution in [0.15, 0.2) is 97.1 Å². The van der Waals surface area contributed by atoms with E-state index >= 15 is 0 Å². The molecule has 0 fully saturated rings. The predicted molar refractivity (Wildman–Crippen MR) is 162 cm³/mol. The number of fused-ring (bicyclic) bond motifs is 1. The molecule has 0 bridgehead atoms. The van der Waals surface area contributed by atoms with E-state index in [1.165, 1.54) is 0 Å². The Labute approximate surface area is 242 Å². The molecule has 1 heterocycles. The molecule has 4 rings (SSSR count). The highest BCUT2D eigenvalue weighted by atomic mass is 16.6. The van der Waals surface area contributed by atoms with E-state index in [-0.39, 0.29) is 11.8 Å². The van der Waals surface area contributed by atoms with Crippen molar-refractivity contribution in [2.24, 2.45) is 0 Å². The highest BCUT2D eigenvalue weighted by Crippen LogP contribution is 2.27. The third kappa shape index (κ3) is 9.07. The van der Waals surface area contributed by atoms with Crippen LogP contribution in [0.1, 0.15) is 43.9 Å². The monoisotopic (exact) mass is 553 g/mol. The summed E-state index contributed by atoms with van der Waals surface area (Å²) in [5.74, 6) is -0.469. The summed E-state index contributed by atoms with van der Waals surface area (Å²) in [5, 5.41) is 5.82. The van der Waals surface area contributed by atoms with Gasteiger partial charge in [-0.2, -0.15) is 0 Å². The number of hydrogen-bond donors (Lipinski definition) is 2. The Kier molecular flexibility index (Phi) is 9.95. The van der Waals surface area contributed by atoms with Crippen LogP contribution in [0.2, 0.25) is 0 Å². The van der Waals surface area contributed by atoms with Crippen molar-refractivity contribution < 1.29 is 19.1 Å². The molecule has 3 aromatic carbocycles. The van der Waals surface area contributed by atoms with Crippen LogP contribution in [-0.4, -0.2) is 42.1 Å². The van der Waals surface area contributed by atoms with E-state index in [4.69, 9.17) is 4.74 Å². The first-order chi connectivity index (χ1) is 19.7. The molecule has 2 atom stereocenters. The molecule has 2 N–H and O–H groups in total. The van der Waals surface area contributed by atoms with Crippen LogP contribution in [-0.2, 0) is 33.6 Å². The zero-order chi connectivity index (χ0) is 29.2. The normalized spacial score (nSPS) is 14.3. The van der Waals surface area contributed by atoms with Crippen LogP contribution in [0.25, 0.3) is 0 Å². The van der Waals surface area contributed by atoms with Crippen molar-refractivity contribution in [1.82, 2.24) is 10.6 Å². The van der Waals surface area contributed by atoms with Crippen molar-refractivity contribution in [2.45, 2.75) is 64.1 Å². The second-order valence-electron chi connectivity index (χ2n) is 11.3. The molecule has 3 aromatic rings. The molecular formula is C34H39N3O4. The molecule has 7 heteroatoms. The summed E-state index contributed by atoms with van der Waals surface area (Å²) in [6.45, 7) is 5.96. The van der Waals surface area contributed by atoms with E-state index in [1.807, 2.05) is 84.9 Å². The van der Waals surface area contributed by atoms with Gasteiger partial charge in [0.2, 0.25) is 5.91 Å². The SMILES string of the molecule is CC(C)(C)OC(=O)N[C@@H](Cc1ccccc1)C(=O)N[C@H](C=CC(=O)N1CCc2ccccc21)CCc1ccccc1. The zero-order valence-corrected chi connectivity index (χ0v) is 24.0. The second-order valence-corrected chi connectivity index (χ2v) is 11.3. The number of nitrogens with zero attached hydrogens (tertiary/aromatic N) is 1. The van der Waals surface area contributed by atoms with Crippen LogP contribution in [0, 0.1) is 0 Å². The van der Waals surface area contributed by atoms with E-state index in [1.54, 1.807) is 37.8 Å². The Balaban J connectivity index is 1.50. The lowest BCUT2D eigenvalue weighted by atomic mass is 10.0. The van der Waals surface area contributed by atoms with E-state index < -0.39 is 23.8 Å². The quantitative estimate of drug-likeness (QED) is 0.330. The Morgan fingerprint density at radius 2 is 1.51 bits per heavy atom. The van der Waals surface area contributed by atoms with Gasteiger partial charge in [0, 0.05) is 30.8 Å². The maximum Gasteiger partial charge on any atom is 0.408 e. The van der Waals surface area contributed by atoms with Gasteiger partial charge >= 0.3 is 6.09 Å². The van der Waals surface area contributed by atoms with Crippen molar-refractivity contribution in [3.63, 3.8) is 0 Å². The predicted octanol–water partition coefficient (Wildman–Crippen LogP) is 5.39. The van der Waals surface area contributed by atoms with E-state index in [0.717, 1.165) is 28.8 Å². The lowest BCUT2D eigenvalue weighted by molar-refractivity contribution is -0.123. The Bertz CT molecular complexity index is 1350. The fourth-order valence-corrected chi connectivity index (χ4v) is 4.83.